The van der Waals surface area contributed by atoms with Crippen molar-refractivity contribution in [2.75, 3.05) is 5.32 Å². The van der Waals surface area contributed by atoms with Gasteiger partial charge in [0, 0.05) is 11.3 Å². The van der Waals surface area contributed by atoms with Gasteiger partial charge in [0.15, 0.2) is 0 Å². The van der Waals surface area contributed by atoms with Gasteiger partial charge in [0.25, 0.3) is 0 Å². The molecule has 0 aliphatic heterocycles. The molecule has 0 atom stereocenters. The summed E-state index contributed by atoms with van der Waals surface area (Å²) >= 11 is 0. The van der Waals surface area contributed by atoms with Gasteiger partial charge in [0.1, 0.15) is 23.7 Å². The van der Waals surface area contributed by atoms with Crippen molar-refractivity contribution < 1.29 is 8.81 Å². The first kappa shape index (κ1) is 11.6. The molecule has 4 nitrogen and oxygen atoms in total. The highest BCUT2D eigenvalue weighted by molar-refractivity contribution is 5.91. The van der Waals surface area contributed by atoms with Crippen molar-refractivity contribution in [2.24, 2.45) is 0 Å². The summed E-state index contributed by atoms with van der Waals surface area (Å²) in [5, 5.41) is 4.00. The maximum atomic E-state index is 12.9. The molecule has 3 rings (SSSR count). The predicted molar refractivity (Wildman–Crippen MR) is 71.0 cm³/mol. The second kappa shape index (κ2) is 4.35. The number of aryl methyl sites for hydroxylation is 2. The number of anilines is 2. The second-order valence-corrected chi connectivity index (χ2v) is 4.32. The summed E-state index contributed by atoms with van der Waals surface area (Å²) in [5.74, 6) is 1.21. The molecule has 2 aromatic heterocycles. The lowest BCUT2D eigenvalue weighted by Gasteiger charge is -2.06. The fraction of sp³-hybridized carbons (Fsp3) is 0.143. The highest BCUT2D eigenvalue weighted by Gasteiger charge is 2.13. The molecular weight excluding hydrogens is 245 g/mol. The first-order chi connectivity index (χ1) is 9.15. The van der Waals surface area contributed by atoms with Crippen LogP contribution in [0.1, 0.15) is 11.3 Å². The van der Waals surface area contributed by atoms with E-state index in [0.717, 1.165) is 22.4 Å². The monoisotopic (exact) mass is 257 g/mol. The molecule has 0 fully saturated rings. The fourth-order valence-corrected chi connectivity index (χ4v) is 1.95. The smallest absolute Gasteiger partial charge is 0.231 e. The van der Waals surface area contributed by atoms with Crippen molar-refractivity contribution >= 4 is 22.6 Å². The number of benzene rings is 1. The molecule has 0 saturated heterocycles. The van der Waals surface area contributed by atoms with Gasteiger partial charge in [-0.15, -0.1) is 0 Å². The molecule has 1 N–H and O–H groups in total. The molecule has 5 heteroatoms. The van der Waals surface area contributed by atoms with Crippen LogP contribution >= 0.6 is 0 Å². The Kier molecular flexibility index (Phi) is 2.67. The number of nitrogens with zero attached hydrogens (tertiary/aromatic N) is 2. The maximum absolute atomic E-state index is 12.9. The molecule has 0 radical (unpaired) electrons. The van der Waals surface area contributed by atoms with Crippen molar-refractivity contribution in [1.82, 2.24) is 9.97 Å². The maximum Gasteiger partial charge on any atom is 0.231 e. The average molecular weight is 257 g/mol. The molecule has 0 aliphatic rings. The number of halogens is 1. The van der Waals surface area contributed by atoms with Crippen LogP contribution < -0.4 is 5.32 Å². The topological polar surface area (TPSA) is 51.0 Å². The van der Waals surface area contributed by atoms with Crippen LogP contribution in [0.5, 0.6) is 0 Å². The number of aromatic nitrogens is 2. The van der Waals surface area contributed by atoms with Crippen LogP contribution in [-0.4, -0.2) is 9.97 Å². The molecule has 0 aliphatic carbocycles. The summed E-state index contributed by atoms with van der Waals surface area (Å²) in [6.45, 7) is 3.85. The highest BCUT2D eigenvalue weighted by Crippen LogP contribution is 2.29. The van der Waals surface area contributed by atoms with E-state index in [1.165, 1.54) is 18.5 Å². The molecule has 19 heavy (non-hydrogen) atoms. The van der Waals surface area contributed by atoms with Crippen LogP contribution in [0.25, 0.3) is 11.1 Å². The lowest BCUT2D eigenvalue weighted by atomic mass is 10.2. The Labute approximate surface area is 109 Å². The second-order valence-electron chi connectivity index (χ2n) is 4.32. The van der Waals surface area contributed by atoms with Gasteiger partial charge in [-0.2, -0.15) is 0 Å². The van der Waals surface area contributed by atoms with Gasteiger partial charge in [0.05, 0.1) is 5.39 Å². The van der Waals surface area contributed by atoms with Gasteiger partial charge in [0.2, 0.25) is 5.71 Å². The fourth-order valence-electron chi connectivity index (χ4n) is 1.95. The Morgan fingerprint density at radius 2 is 1.84 bits per heavy atom. The van der Waals surface area contributed by atoms with Crippen LogP contribution in [0.15, 0.2) is 35.0 Å². The summed E-state index contributed by atoms with van der Waals surface area (Å²) in [6.07, 6.45) is 1.44. The Balaban J connectivity index is 2.07. The van der Waals surface area contributed by atoms with Crippen molar-refractivity contribution in [1.29, 1.82) is 0 Å². The number of rotatable bonds is 2. The zero-order chi connectivity index (χ0) is 13.4. The van der Waals surface area contributed by atoms with Gasteiger partial charge >= 0.3 is 0 Å². The Morgan fingerprint density at radius 3 is 2.58 bits per heavy atom. The summed E-state index contributed by atoms with van der Waals surface area (Å²) in [6, 6.07) is 6.11. The van der Waals surface area contributed by atoms with E-state index >= 15 is 0 Å². The highest BCUT2D eigenvalue weighted by atomic mass is 19.1. The third-order valence-electron chi connectivity index (χ3n) is 3.07. The largest absolute Gasteiger partial charge is 0.443 e. The third-order valence-corrected chi connectivity index (χ3v) is 3.07. The molecule has 0 spiro atoms. The van der Waals surface area contributed by atoms with Crippen molar-refractivity contribution in [3.8, 4) is 0 Å². The van der Waals surface area contributed by atoms with Gasteiger partial charge < -0.3 is 9.73 Å². The Hall–Kier alpha value is -2.43. The first-order valence-electron chi connectivity index (χ1n) is 5.88. The molecule has 3 aromatic rings. The minimum Gasteiger partial charge on any atom is -0.443 e. The summed E-state index contributed by atoms with van der Waals surface area (Å²) < 4.78 is 18.4. The summed E-state index contributed by atoms with van der Waals surface area (Å²) in [7, 11) is 0. The van der Waals surface area contributed by atoms with Gasteiger partial charge in [-0.05, 0) is 38.1 Å². The lowest BCUT2D eigenvalue weighted by molar-refractivity contribution is 0.564. The predicted octanol–water partition coefficient (Wildman–Crippen LogP) is 3.72. The van der Waals surface area contributed by atoms with Gasteiger partial charge in [-0.3, -0.25) is 0 Å². The van der Waals surface area contributed by atoms with Crippen molar-refractivity contribution in [2.45, 2.75) is 13.8 Å². The Morgan fingerprint density at radius 1 is 1.11 bits per heavy atom. The number of hydrogen-bond acceptors (Lipinski definition) is 4. The Bertz CT molecular complexity index is 734. The van der Waals surface area contributed by atoms with Crippen LogP contribution in [-0.2, 0) is 0 Å². The lowest BCUT2D eigenvalue weighted by Crippen LogP contribution is -1.95. The van der Waals surface area contributed by atoms with Gasteiger partial charge in [-0.25, -0.2) is 14.4 Å². The van der Waals surface area contributed by atoms with E-state index in [0.29, 0.717) is 11.5 Å². The number of hydrogen-bond donors (Lipinski definition) is 1. The molecular formula is C14H12FN3O. The third kappa shape index (κ3) is 2.03. The molecule has 96 valence electrons. The minimum absolute atomic E-state index is 0.270. The summed E-state index contributed by atoms with van der Waals surface area (Å²) in [4.78, 5) is 8.32. The number of nitrogens with one attached hydrogen (secondary N) is 1. The number of furan rings is 1. The normalized spacial score (nSPS) is 10.9. The molecule has 0 saturated carbocycles. The molecule has 0 amide bonds. The molecule has 0 unspecified atom stereocenters. The van der Waals surface area contributed by atoms with Crippen LogP contribution in [0, 0.1) is 19.7 Å². The number of fused-ring (bicyclic) bond motifs is 1. The molecule has 1 aromatic carbocycles. The first-order valence-corrected chi connectivity index (χ1v) is 5.88. The quantitative estimate of drug-likeness (QED) is 0.760. The van der Waals surface area contributed by atoms with E-state index in [9.17, 15) is 4.39 Å². The van der Waals surface area contributed by atoms with E-state index in [2.05, 4.69) is 15.3 Å². The van der Waals surface area contributed by atoms with Crippen LogP contribution in [0.3, 0.4) is 0 Å². The van der Waals surface area contributed by atoms with Crippen molar-refractivity contribution in [3.05, 3.63) is 47.7 Å². The van der Waals surface area contributed by atoms with Gasteiger partial charge in [-0.1, -0.05) is 0 Å². The van der Waals surface area contributed by atoms with E-state index in [1.807, 2.05) is 13.8 Å². The van der Waals surface area contributed by atoms with E-state index < -0.39 is 0 Å². The SMILES string of the molecule is Cc1oc2ncnc(Nc3ccc(F)cc3)c2c1C. The van der Waals surface area contributed by atoms with Crippen LogP contribution in [0.4, 0.5) is 15.9 Å². The van der Waals surface area contributed by atoms with E-state index in [4.69, 9.17) is 4.42 Å². The minimum atomic E-state index is -0.270. The standard InChI is InChI=1S/C14H12FN3O/c1-8-9(2)19-14-12(8)13(16-7-17-14)18-11-5-3-10(15)4-6-11/h3-7H,1-2H3,(H,16,17,18). The van der Waals surface area contributed by atoms with E-state index in [-0.39, 0.29) is 5.82 Å². The molecule has 0 bridgehead atoms. The van der Waals surface area contributed by atoms with Crippen molar-refractivity contribution in [3.63, 3.8) is 0 Å². The zero-order valence-corrected chi connectivity index (χ0v) is 10.6. The van der Waals surface area contributed by atoms with Crippen LogP contribution in [0.2, 0.25) is 0 Å². The summed E-state index contributed by atoms with van der Waals surface area (Å²) in [5.41, 5.74) is 2.31. The van der Waals surface area contributed by atoms with E-state index in [1.54, 1.807) is 12.1 Å². The zero-order valence-electron chi connectivity index (χ0n) is 10.6. The average Bonchev–Trinajstić information content (AvgIpc) is 2.69. The molecule has 2 heterocycles.